The Labute approximate surface area is 112 Å². The van der Waals surface area contributed by atoms with Crippen molar-refractivity contribution in [1.82, 2.24) is 15.6 Å². The second-order valence-corrected chi connectivity index (χ2v) is 4.65. The maximum absolute atomic E-state index is 5.62. The predicted octanol–water partition coefficient (Wildman–Crippen LogP) is -0.0692. The van der Waals surface area contributed by atoms with Gasteiger partial charge in [-0.15, -0.1) is 0 Å². The van der Waals surface area contributed by atoms with Crippen LogP contribution in [0.4, 0.5) is 0 Å². The number of nitrogens with one attached hydrogen (secondary N) is 2. The van der Waals surface area contributed by atoms with E-state index in [4.69, 9.17) is 14.2 Å². The van der Waals surface area contributed by atoms with Crippen LogP contribution in [-0.4, -0.2) is 50.5 Å². The molecule has 0 radical (unpaired) electrons. The van der Waals surface area contributed by atoms with Crippen molar-refractivity contribution in [3.05, 3.63) is 18.0 Å². The number of morpholine rings is 1. The summed E-state index contributed by atoms with van der Waals surface area (Å²) in [7, 11) is 0. The zero-order chi connectivity index (χ0) is 12.9. The van der Waals surface area contributed by atoms with Gasteiger partial charge in [0.05, 0.1) is 24.6 Å². The highest BCUT2D eigenvalue weighted by Gasteiger charge is 2.14. The average Bonchev–Trinajstić information content (AvgIpc) is 2.48. The van der Waals surface area contributed by atoms with Gasteiger partial charge in [-0.25, -0.2) is 0 Å². The minimum Gasteiger partial charge on any atom is -0.486 e. The van der Waals surface area contributed by atoms with E-state index >= 15 is 0 Å². The summed E-state index contributed by atoms with van der Waals surface area (Å²) in [5, 5.41) is 6.66. The first-order valence-corrected chi connectivity index (χ1v) is 6.69. The van der Waals surface area contributed by atoms with Crippen LogP contribution >= 0.6 is 0 Å². The van der Waals surface area contributed by atoms with Crippen LogP contribution in [-0.2, 0) is 11.3 Å². The van der Waals surface area contributed by atoms with E-state index in [0.29, 0.717) is 19.8 Å². The Bertz CT molecular complexity index is 422. The molecule has 6 heteroatoms. The van der Waals surface area contributed by atoms with Crippen LogP contribution in [0.15, 0.2) is 12.3 Å². The molecule has 2 aliphatic heterocycles. The lowest BCUT2D eigenvalue weighted by molar-refractivity contribution is 0.0290. The Morgan fingerprint density at radius 1 is 1.26 bits per heavy atom. The summed E-state index contributed by atoms with van der Waals surface area (Å²) in [5.74, 6) is 1.52. The van der Waals surface area contributed by atoms with Crippen LogP contribution in [0, 0.1) is 0 Å². The fourth-order valence-electron chi connectivity index (χ4n) is 2.20. The van der Waals surface area contributed by atoms with Crippen molar-refractivity contribution in [3.63, 3.8) is 0 Å². The molecule has 1 aromatic heterocycles. The highest BCUT2D eigenvalue weighted by atomic mass is 16.6. The van der Waals surface area contributed by atoms with Crippen LogP contribution in [0.5, 0.6) is 11.5 Å². The molecule has 0 aliphatic carbocycles. The number of aromatic nitrogens is 1. The standard InChI is InChI=1S/C13H19N3O3/c1-2-17-11(7-14-1)8-15-6-10-5-12-13(9-16-10)19-4-3-18-12/h5,9,11,14-15H,1-4,6-8H2. The van der Waals surface area contributed by atoms with E-state index in [1.165, 1.54) is 0 Å². The molecule has 19 heavy (non-hydrogen) atoms. The van der Waals surface area contributed by atoms with E-state index in [-0.39, 0.29) is 6.10 Å². The Balaban J connectivity index is 1.49. The molecule has 1 saturated heterocycles. The third-order valence-electron chi connectivity index (χ3n) is 3.17. The Kier molecular flexibility index (Phi) is 4.12. The average molecular weight is 265 g/mol. The van der Waals surface area contributed by atoms with Crippen LogP contribution in [0.2, 0.25) is 0 Å². The molecular formula is C13H19N3O3. The molecule has 2 N–H and O–H groups in total. The first-order valence-electron chi connectivity index (χ1n) is 6.69. The number of pyridine rings is 1. The Morgan fingerprint density at radius 3 is 3.00 bits per heavy atom. The van der Waals surface area contributed by atoms with Crippen molar-refractivity contribution < 1.29 is 14.2 Å². The zero-order valence-corrected chi connectivity index (χ0v) is 10.9. The van der Waals surface area contributed by atoms with Crippen molar-refractivity contribution in [2.24, 2.45) is 0 Å². The molecule has 104 valence electrons. The minimum atomic E-state index is 0.242. The first-order chi connectivity index (χ1) is 9.42. The molecule has 1 aromatic rings. The summed E-state index contributed by atoms with van der Waals surface area (Å²) in [6.45, 7) is 5.36. The van der Waals surface area contributed by atoms with Gasteiger partial charge >= 0.3 is 0 Å². The Morgan fingerprint density at radius 2 is 2.16 bits per heavy atom. The molecule has 0 aromatic carbocycles. The Hall–Kier alpha value is -1.37. The van der Waals surface area contributed by atoms with Crippen molar-refractivity contribution >= 4 is 0 Å². The lowest BCUT2D eigenvalue weighted by Gasteiger charge is -2.24. The number of fused-ring (bicyclic) bond motifs is 1. The van der Waals surface area contributed by atoms with Crippen molar-refractivity contribution in [2.75, 3.05) is 39.5 Å². The predicted molar refractivity (Wildman–Crippen MR) is 69.5 cm³/mol. The normalized spacial score (nSPS) is 22.2. The summed E-state index contributed by atoms with van der Waals surface area (Å²) in [5.41, 5.74) is 0.952. The lowest BCUT2D eigenvalue weighted by Crippen LogP contribution is -2.43. The van der Waals surface area contributed by atoms with Crippen LogP contribution in [0.25, 0.3) is 0 Å². The fourth-order valence-corrected chi connectivity index (χ4v) is 2.20. The topological polar surface area (TPSA) is 64.6 Å². The lowest BCUT2D eigenvalue weighted by atomic mass is 10.2. The zero-order valence-electron chi connectivity index (χ0n) is 10.9. The SMILES string of the molecule is c1nc(CNCC2CNCCO2)cc2c1OCCO2. The molecule has 0 saturated carbocycles. The monoisotopic (exact) mass is 265 g/mol. The van der Waals surface area contributed by atoms with Crippen molar-refractivity contribution in [3.8, 4) is 11.5 Å². The van der Waals surface area contributed by atoms with E-state index < -0.39 is 0 Å². The quantitative estimate of drug-likeness (QED) is 0.794. The third-order valence-corrected chi connectivity index (χ3v) is 3.17. The third kappa shape index (κ3) is 3.34. The summed E-state index contributed by atoms with van der Waals surface area (Å²) in [4.78, 5) is 4.35. The molecule has 3 heterocycles. The summed E-state index contributed by atoms with van der Waals surface area (Å²) < 4.78 is 16.6. The highest BCUT2D eigenvalue weighted by molar-refractivity contribution is 5.39. The van der Waals surface area contributed by atoms with Gasteiger partial charge in [0.1, 0.15) is 13.2 Å². The van der Waals surface area contributed by atoms with Gasteiger partial charge in [-0.2, -0.15) is 0 Å². The summed E-state index contributed by atoms with van der Waals surface area (Å²) in [6, 6.07) is 1.93. The molecule has 6 nitrogen and oxygen atoms in total. The van der Waals surface area contributed by atoms with Crippen molar-refractivity contribution in [1.29, 1.82) is 0 Å². The molecular weight excluding hydrogens is 246 g/mol. The smallest absolute Gasteiger partial charge is 0.179 e. The van der Waals surface area contributed by atoms with Gasteiger partial charge < -0.3 is 24.8 Å². The molecule has 1 fully saturated rings. The van der Waals surface area contributed by atoms with Crippen LogP contribution < -0.4 is 20.1 Å². The van der Waals surface area contributed by atoms with Gasteiger partial charge in [0.15, 0.2) is 11.5 Å². The number of hydrogen-bond donors (Lipinski definition) is 2. The summed E-state index contributed by atoms with van der Waals surface area (Å²) >= 11 is 0. The van der Waals surface area contributed by atoms with E-state index in [9.17, 15) is 0 Å². The maximum Gasteiger partial charge on any atom is 0.179 e. The molecule has 2 aliphatic rings. The minimum absolute atomic E-state index is 0.242. The number of rotatable bonds is 4. The van der Waals surface area contributed by atoms with E-state index in [1.54, 1.807) is 6.20 Å². The molecule has 0 spiro atoms. The molecule has 0 amide bonds. The second-order valence-electron chi connectivity index (χ2n) is 4.65. The molecule has 3 rings (SSSR count). The first kappa shape index (κ1) is 12.7. The number of hydrogen-bond acceptors (Lipinski definition) is 6. The largest absolute Gasteiger partial charge is 0.486 e. The van der Waals surface area contributed by atoms with Gasteiger partial charge in [-0.05, 0) is 0 Å². The van der Waals surface area contributed by atoms with E-state index in [2.05, 4.69) is 15.6 Å². The summed E-state index contributed by atoms with van der Waals surface area (Å²) in [6.07, 6.45) is 1.97. The number of nitrogens with zero attached hydrogens (tertiary/aromatic N) is 1. The van der Waals surface area contributed by atoms with Crippen LogP contribution in [0.1, 0.15) is 5.69 Å². The van der Waals surface area contributed by atoms with Gasteiger partial charge in [-0.1, -0.05) is 0 Å². The van der Waals surface area contributed by atoms with E-state index in [0.717, 1.165) is 43.4 Å². The highest BCUT2D eigenvalue weighted by Crippen LogP contribution is 2.29. The van der Waals surface area contributed by atoms with E-state index in [1.807, 2.05) is 6.07 Å². The van der Waals surface area contributed by atoms with Crippen LogP contribution in [0.3, 0.4) is 0 Å². The van der Waals surface area contributed by atoms with Gasteiger partial charge in [0.25, 0.3) is 0 Å². The van der Waals surface area contributed by atoms with Crippen molar-refractivity contribution in [2.45, 2.75) is 12.6 Å². The molecule has 1 atom stereocenters. The fraction of sp³-hybridized carbons (Fsp3) is 0.615. The molecule has 1 unspecified atom stereocenters. The molecule has 0 bridgehead atoms. The van der Waals surface area contributed by atoms with Gasteiger partial charge in [0, 0.05) is 32.2 Å². The maximum atomic E-state index is 5.62. The second kappa shape index (κ2) is 6.18. The van der Waals surface area contributed by atoms with Gasteiger partial charge in [-0.3, -0.25) is 4.98 Å². The number of ether oxygens (including phenoxy) is 3. The van der Waals surface area contributed by atoms with Gasteiger partial charge in [0.2, 0.25) is 0 Å².